The number of rotatable bonds is 6. The molecule has 1 aromatic carbocycles. The van der Waals surface area contributed by atoms with Gasteiger partial charge in [0.25, 0.3) is 6.02 Å². The molecule has 0 amide bonds. The van der Waals surface area contributed by atoms with Crippen molar-refractivity contribution in [2.75, 3.05) is 36.8 Å². The number of ether oxygens (including phenoxy) is 2. The number of hydrogen-bond donors (Lipinski definition) is 4. The Kier molecular flexibility index (Phi) is 5.59. The van der Waals surface area contributed by atoms with E-state index in [1.165, 1.54) is 6.33 Å². The molecule has 10 heteroatoms. The predicted molar refractivity (Wildman–Crippen MR) is 130 cm³/mol. The average Bonchev–Trinajstić information content (AvgIpc) is 3.77. The summed E-state index contributed by atoms with van der Waals surface area (Å²) in [5, 5.41) is 24.8. The zero-order valence-electron chi connectivity index (χ0n) is 19.3. The Hall–Kier alpha value is -3.69. The van der Waals surface area contributed by atoms with E-state index < -0.39 is 0 Å². The lowest BCUT2D eigenvalue weighted by Gasteiger charge is -2.35. The number of nitrogens with zero attached hydrogens (tertiary/aromatic N) is 4. The van der Waals surface area contributed by atoms with E-state index in [0.29, 0.717) is 48.9 Å². The smallest absolute Gasteiger partial charge is 0.291 e. The zero-order valence-corrected chi connectivity index (χ0v) is 19.3. The van der Waals surface area contributed by atoms with Gasteiger partial charge in [0.15, 0.2) is 5.90 Å². The molecular formula is C24H30N8O2. The summed E-state index contributed by atoms with van der Waals surface area (Å²) in [6, 6.07) is 7.27. The maximum atomic E-state index is 8.74. The molecule has 34 heavy (non-hydrogen) atoms. The third-order valence-corrected chi connectivity index (χ3v) is 6.57. The first kappa shape index (κ1) is 22.1. The minimum Gasteiger partial charge on any atom is -0.488 e. The molecule has 1 saturated heterocycles. The molecule has 2 aromatic rings. The monoisotopic (exact) mass is 462 g/mol. The molecule has 178 valence electrons. The van der Waals surface area contributed by atoms with Gasteiger partial charge in [0.1, 0.15) is 23.5 Å². The molecular weight excluding hydrogens is 432 g/mol. The number of nitrogens with one attached hydrogen (secondary N) is 3. The van der Waals surface area contributed by atoms with Crippen molar-refractivity contribution < 1.29 is 9.47 Å². The number of benzene rings is 1. The lowest BCUT2D eigenvalue weighted by molar-refractivity contribution is 0.200. The van der Waals surface area contributed by atoms with Gasteiger partial charge < -0.3 is 25.0 Å². The first-order valence-corrected chi connectivity index (χ1v) is 11.7. The van der Waals surface area contributed by atoms with Crippen LogP contribution in [0.5, 0.6) is 5.75 Å². The second kappa shape index (κ2) is 8.58. The van der Waals surface area contributed by atoms with Crippen LogP contribution in [0.4, 0.5) is 11.5 Å². The summed E-state index contributed by atoms with van der Waals surface area (Å²) in [5.74, 6) is 1.82. The third-order valence-electron chi connectivity index (χ3n) is 6.57. The van der Waals surface area contributed by atoms with Gasteiger partial charge in [-0.05, 0) is 50.8 Å². The molecule has 1 aromatic heterocycles. The van der Waals surface area contributed by atoms with Crippen molar-refractivity contribution in [3.05, 3.63) is 41.9 Å². The molecule has 5 N–H and O–H groups in total. The Morgan fingerprint density at radius 2 is 1.79 bits per heavy atom. The summed E-state index contributed by atoms with van der Waals surface area (Å²) in [7, 11) is 0. The van der Waals surface area contributed by atoms with E-state index in [9.17, 15) is 0 Å². The van der Waals surface area contributed by atoms with Gasteiger partial charge in [0.2, 0.25) is 0 Å². The second-order valence-corrected chi connectivity index (χ2v) is 9.46. The molecule has 2 saturated carbocycles. The minimum atomic E-state index is -0.112. The minimum absolute atomic E-state index is 0.0411. The van der Waals surface area contributed by atoms with Crippen molar-refractivity contribution in [2.24, 2.45) is 5.92 Å². The van der Waals surface area contributed by atoms with Crippen molar-refractivity contribution >= 4 is 29.1 Å². The van der Waals surface area contributed by atoms with Gasteiger partial charge >= 0.3 is 0 Å². The van der Waals surface area contributed by atoms with Gasteiger partial charge in [0, 0.05) is 49.4 Å². The van der Waals surface area contributed by atoms with Crippen LogP contribution in [0.2, 0.25) is 0 Å². The highest BCUT2D eigenvalue weighted by Gasteiger charge is 2.40. The van der Waals surface area contributed by atoms with E-state index in [1.807, 2.05) is 17.0 Å². The van der Waals surface area contributed by atoms with E-state index in [2.05, 4.69) is 21.8 Å². The van der Waals surface area contributed by atoms with Crippen LogP contribution in [0.25, 0.3) is 0 Å². The standard InChI is InChI=1S/C24H30N8O2/c1-24(6-7-24)34-16-4-5-18(25)17(12-16)21(26)19-13-20(30-14-29-19)31-8-10-32(11-9-31)23(28)33-22(27)15-2-3-15/h4-5,12-15,26-28H,2-3,6-11,25H2,1H3. The highest BCUT2D eigenvalue weighted by atomic mass is 16.5. The largest absolute Gasteiger partial charge is 0.488 e. The molecule has 5 rings (SSSR count). The first-order chi connectivity index (χ1) is 16.3. The summed E-state index contributed by atoms with van der Waals surface area (Å²) in [4.78, 5) is 12.7. The lowest BCUT2D eigenvalue weighted by atomic mass is 10.0. The Morgan fingerprint density at radius 1 is 1.06 bits per heavy atom. The number of nitrogens with two attached hydrogens (primary N) is 1. The highest BCUT2D eigenvalue weighted by Crippen LogP contribution is 2.40. The number of amidine groups is 1. The fourth-order valence-corrected chi connectivity index (χ4v) is 3.91. The van der Waals surface area contributed by atoms with Crippen LogP contribution >= 0.6 is 0 Å². The number of hydrogen-bond acceptors (Lipinski definition) is 9. The molecule has 3 aliphatic rings. The molecule has 2 heterocycles. The van der Waals surface area contributed by atoms with E-state index in [4.69, 9.17) is 31.4 Å². The first-order valence-electron chi connectivity index (χ1n) is 11.7. The van der Waals surface area contributed by atoms with Crippen molar-refractivity contribution in [1.82, 2.24) is 14.9 Å². The molecule has 10 nitrogen and oxygen atoms in total. The Balaban J connectivity index is 1.24. The molecule has 0 spiro atoms. The van der Waals surface area contributed by atoms with Gasteiger partial charge in [-0.3, -0.25) is 16.2 Å². The second-order valence-electron chi connectivity index (χ2n) is 9.46. The molecule has 0 unspecified atom stereocenters. The number of piperazine rings is 1. The van der Waals surface area contributed by atoms with E-state index in [-0.39, 0.29) is 29.2 Å². The predicted octanol–water partition coefficient (Wildman–Crippen LogP) is 2.87. The fraction of sp³-hybridized carbons (Fsp3) is 0.458. The third kappa shape index (κ3) is 4.80. The summed E-state index contributed by atoms with van der Waals surface area (Å²) in [6.07, 6.45) is 5.48. The van der Waals surface area contributed by atoms with Crippen LogP contribution in [-0.2, 0) is 4.74 Å². The topological polar surface area (TPSA) is 148 Å². The molecule has 0 bridgehead atoms. The number of aromatic nitrogens is 2. The van der Waals surface area contributed by atoms with Crippen LogP contribution in [0, 0.1) is 22.1 Å². The molecule has 0 atom stereocenters. The average molecular weight is 463 g/mol. The van der Waals surface area contributed by atoms with E-state index in [1.54, 1.807) is 12.1 Å². The van der Waals surface area contributed by atoms with Crippen molar-refractivity contribution in [3.8, 4) is 5.75 Å². The summed E-state index contributed by atoms with van der Waals surface area (Å²) in [5.41, 5.74) is 7.87. The normalized spacial score (nSPS) is 18.9. The maximum absolute atomic E-state index is 8.74. The molecule has 0 radical (unpaired) electrons. The van der Waals surface area contributed by atoms with Crippen LogP contribution in [0.15, 0.2) is 30.6 Å². The maximum Gasteiger partial charge on any atom is 0.291 e. The van der Waals surface area contributed by atoms with Crippen LogP contribution < -0.4 is 15.4 Å². The van der Waals surface area contributed by atoms with Crippen LogP contribution in [-0.4, -0.2) is 64.3 Å². The fourth-order valence-electron chi connectivity index (χ4n) is 3.91. The van der Waals surface area contributed by atoms with Gasteiger partial charge in [0.05, 0.1) is 11.4 Å². The Morgan fingerprint density at radius 3 is 2.47 bits per heavy atom. The van der Waals surface area contributed by atoms with Crippen molar-refractivity contribution in [2.45, 2.75) is 38.2 Å². The van der Waals surface area contributed by atoms with E-state index in [0.717, 1.165) is 31.5 Å². The van der Waals surface area contributed by atoms with Gasteiger partial charge in [-0.25, -0.2) is 9.97 Å². The molecule has 1 aliphatic heterocycles. The zero-order chi connectivity index (χ0) is 23.9. The lowest BCUT2D eigenvalue weighted by Crippen LogP contribution is -2.49. The Labute approximate surface area is 198 Å². The van der Waals surface area contributed by atoms with Crippen molar-refractivity contribution in [1.29, 1.82) is 16.2 Å². The van der Waals surface area contributed by atoms with Crippen LogP contribution in [0.1, 0.15) is 43.9 Å². The van der Waals surface area contributed by atoms with Gasteiger partial charge in [-0.15, -0.1) is 0 Å². The van der Waals surface area contributed by atoms with E-state index >= 15 is 0 Å². The number of anilines is 2. The summed E-state index contributed by atoms with van der Waals surface area (Å²) >= 11 is 0. The van der Waals surface area contributed by atoms with Crippen molar-refractivity contribution in [3.63, 3.8) is 0 Å². The number of nitrogen functional groups attached to an aromatic ring is 1. The highest BCUT2D eigenvalue weighted by molar-refractivity contribution is 6.13. The Bertz CT molecular complexity index is 1130. The van der Waals surface area contributed by atoms with Gasteiger partial charge in [-0.2, -0.15) is 0 Å². The quantitative estimate of drug-likeness (QED) is 0.293. The molecule has 3 fully saturated rings. The summed E-state index contributed by atoms with van der Waals surface area (Å²) in [6.45, 7) is 4.57. The SMILES string of the molecule is CC1(Oc2ccc(N)c(C(=N)c3cc(N4CCN(C(=N)OC(=N)C5CC5)CC4)ncn3)c2)CC1. The van der Waals surface area contributed by atoms with Gasteiger partial charge in [-0.1, -0.05) is 0 Å². The summed E-state index contributed by atoms with van der Waals surface area (Å²) < 4.78 is 11.5. The molecule has 2 aliphatic carbocycles. The van der Waals surface area contributed by atoms with Crippen LogP contribution in [0.3, 0.4) is 0 Å².